The van der Waals surface area contributed by atoms with Gasteiger partial charge >= 0.3 is 0 Å². The van der Waals surface area contributed by atoms with Crippen molar-refractivity contribution in [2.45, 2.75) is 32.4 Å². The van der Waals surface area contributed by atoms with Gasteiger partial charge in [0.05, 0.1) is 7.11 Å². The molecule has 0 aromatic heterocycles. The number of methoxy groups -OCH3 is 1. The van der Waals surface area contributed by atoms with Crippen LogP contribution in [0.25, 0.3) is 0 Å². The monoisotopic (exact) mass is 347 g/mol. The zero-order chi connectivity index (χ0) is 15.1. The van der Waals surface area contributed by atoms with Crippen molar-refractivity contribution in [3.05, 3.63) is 64.1 Å². The van der Waals surface area contributed by atoms with Crippen molar-refractivity contribution in [2.24, 2.45) is 0 Å². The molecule has 2 aromatic carbocycles. The third-order valence-corrected chi connectivity index (χ3v) is 4.38. The van der Waals surface area contributed by atoms with Crippen LogP contribution in [0.15, 0.2) is 53.0 Å². The maximum Gasteiger partial charge on any atom is 0.119 e. The van der Waals surface area contributed by atoms with Crippen LogP contribution in [-0.2, 0) is 13.0 Å². The smallest absolute Gasteiger partial charge is 0.119 e. The van der Waals surface area contributed by atoms with E-state index in [1.807, 2.05) is 12.1 Å². The van der Waals surface area contributed by atoms with Crippen molar-refractivity contribution >= 4 is 15.9 Å². The van der Waals surface area contributed by atoms with E-state index >= 15 is 0 Å². The number of aryl methyl sites for hydroxylation is 1. The maximum absolute atomic E-state index is 5.27. The summed E-state index contributed by atoms with van der Waals surface area (Å²) in [5.41, 5.74) is 2.62. The molecule has 2 rings (SSSR count). The van der Waals surface area contributed by atoms with Gasteiger partial charge in [0.1, 0.15) is 5.75 Å². The normalized spacial score (nSPS) is 12.1. The summed E-state index contributed by atoms with van der Waals surface area (Å²) >= 11 is 3.59. The van der Waals surface area contributed by atoms with Crippen LogP contribution in [0.4, 0.5) is 0 Å². The number of hydrogen-bond donors (Lipinski definition) is 1. The summed E-state index contributed by atoms with van der Waals surface area (Å²) in [6.07, 6.45) is 2.24. The highest BCUT2D eigenvalue weighted by Gasteiger charge is 2.06. The van der Waals surface area contributed by atoms with Crippen molar-refractivity contribution < 1.29 is 4.74 Å². The predicted octanol–water partition coefficient (Wildman–Crippen LogP) is 4.57. The Hall–Kier alpha value is -1.32. The van der Waals surface area contributed by atoms with Crippen molar-refractivity contribution in [1.29, 1.82) is 0 Å². The highest BCUT2D eigenvalue weighted by molar-refractivity contribution is 9.10. The molecule has 0 bridgehead atoms. The maximum atomic E-state index is 5.27. The van der Waals surface area contributed by atoms with Crippen LogP contribution < -0.4 is 10.1 Å². The zero-order valence-corrected chi connectivity index (χ0v) is 14.2. The van der Waals surface area contributed by atoms with Gasteiger partial charge in [0, 0.05) is 17.1 Å². The van der Waals surface area contributed by atoms with Gasteiger partial charge in [-0.25, -0.2) is 0 Å². The van der Waals surface area contributed by atoms with Gasteiger partial charge in [0.25, 0.3) is 0 Å². The molecule has 0 aliphatic carbocycles. The lowest BCUT2D eigenvalue weighted by Gasteiger charge is -2.15. The van der Waals surface area contributed by atoms with Crippen LogP contribution in [0.2, 0.25) is 0 Å². The summed E-state index contributed by atoms with van der Waals surface area (Å²) in [4.78, 5) is 0. The van der Waals surface area contributed by atoms with Crippen LogP contribution in [0.5, 0.6) is 5.75 Å². The molecule has 0 amide bonds. The van der Waals surface area contributed by atoms with E-state index in [0.717, 1.165) is 29.6 Å². The number of benzene rings is 2. The van der Waals surface area contributed by atoms with E-state index in [1.54, 1.807) is 7.11 Å². The minimum atomic E-state index is 0.475. The molecule has 0 saturated heterocycles. The summed E-state index contributed by atoms with van der Waals surface area (Å²) in [6.45, 7) is 3.07. The molecule has 0 saturated carbocycles. The first-order valence-corrected chi connectivity index (χ1v) is 8.08. The van der Waals surface area contributed by atoms with Crippen molar-refractivity contribution in [3.63, 3.8) is 0 Å². The van der Waals surface area contributed by atoms with E-state index in [1.165, 1.54) is 11.1 Å². The van der Waals surface area contributed by atoms with Crippen molar-refractivity contribution in [1.82, 2.24) is 5.32 Å². The Labute approximate surface area is 135 Å². The van der Waals surface area contributed by atoms with Crippen molar-refractivity contribution in [2.75, 3.05) is 7.11 Å². The van der Waals surface area contributed by atoms with E-state index in [2.05, 4.69) is 64.6 Å². The lowest BCUT2D eigenvalue weighted by molar-refractivity contribution is 0.413. The zero-order valence-electron chi connectivity index (χ0n) is 12.6. The first-order valence-electron chi connectivity index (χ1n) is 7.29. The molecule has 1 N–H and O–H groups in total. The van der Waals surface area contributed by atoms with Crippen LogP contribution in [0.1, 0.15) is 24.5 Å². The van der Waals surface area contributed by atoms with E-state index in [0.29, 0.717) is 6.04 Å². The van der Waals surface area contributed by atoms with Crippen LogP contribution in [0, 0.1) is 0 Å². The molecule has 0 radical (unpaired) electrons. The molecule has 0 spiro atoms. The number of nitrogens with one attached hydrogen (secondary N) is 1. The third-order valence-electron chi connectivity index (χ3n) is 3.60. The van der Waals surface area contributed by atoms with Gasteiger partial charge in [0.2, 0.25) is 0 Å². The molecule has 0 fully saturated rings. The Morgan fingerprint density at radius 1 is 1.14 bits per heavy atom. The summed E-state index contributed by atoms with van der Waals surface area (Å²) in [6, 6.07) is 17.2. The van der Waals surface area contributed by atoms with E-state index < -0.39 is 0 Å². The van der Waals surface area contributed by atoms with Gasteiger partial charge in [0.15, 0.2) is 0 Å². The fourth-order valence-electron chi connectivity index (χ4n) is 2.23. The Morgan fingerprint density at radius 2 is 1.90 bits per heavy atom. The second-order valence-electron chi connectivity index (χ2n) is 5.26. The lowest BCUT2D eigenvalue weighted by Crippen LogP contribution is -2.26. The Bertz CT molecular complexity index is 556. The second-order valence-corrected chi connectivity index (χ2v) is 6.12. The Kier molecular flexibility index (Phi) is 6.27. The second kappa shape index (κ2) is 8.20. The third kappa shape index (κ3) is 5.18. The molecule has 2 aromatic rings. The molecule has 1 atom stereocenters. The molecule has 112 valence electrons. The standard InChI is InChI=1S/C18H22BrNO/c1-14(8-9-15-6-4-3-5-7-15)20-13-16-12-17(21-2)10-11-18(16)19/h3-7,10-12,14,20H,8-9,13H2,1-2H3. The first-order chi connectivity index (χ1) is 10.2. The largest absolute Gasteiger partial charge is 0.497 e. The quantitative estimate of drug-likeness (QED) is 0.792. The summed E-state index contributed by atoms with van der Waals surface area (Å²) in [5, 5.41) is 3.58. The molecule has 0 heterocycles. The topological polar surface area (TPSA) is 21.3 Å². The van der Waals surface area contributed by atoms with E-state index in [9.17, 15) is 0 Å². The summed E-state index contributed by atoms with van der Waals surface area (Å²) in [7, 11) is 1.70. The minimum absolute atomic E-state index is 0.475. The number of halogens is 1. The lowest BCUT2D eigenvalue weighted by atomic mass is 10.1. The Balaban J connectivity index is 1.82. The minimum Gasteiger partial charge on any atom is -0.497 e. The number of ether oxygens (including phenoxy) is 1. The molecule has 0 aliphatic heterocycles. The average molecular weight is 348 g/mol. The molecular formula is C18H22BrNO. The van der Waals surface area contributed by atoms with Crippen LogP contribution >= 0.6 is 15.9 Å². The van der Waals surface area contributed by atoms with Gasteiger partial charge in [-0.05, 0) is 49.1 Å². The van der Waals surface area contributed by atoms with Crippen LogP contribution in [-0.4, -0.2) is 13.2 Å². The first kappa shape index (κ1) is 16.1. The van der Waals surface area contributed by atoms with E-state index in [-0.39, 0.29) is 0 Å². The van der Waals surface area contributed by atoms with Gasteiger partial charge in [-0.1, -0.05) is 46.3 Å². The fourth-order valence-corrected chi connectivity index (χ4v) is 2.61. The Morgan fingerprint density at radius 3 is 2.62 bits per heavy atom. The van der Waals surface area contributed by atoms with Gasteiger partial charge in [-0.3, -0.25) is 0 Å². The number of rotatable bonds is 7. The van der Waals surface area contributed by atoms with Crippen LogP contribution in [0.3, 0.4) is 0 Å². The van der Waals surface area contributed by atoms with Gasteiger partial charge in [-0.15, -0.1) is 0 Å². The molecule has 21 heavy (non-hydrogen) atoms. The summed E-state index contributed by atoms with van der Waals surface area (Å²) in [5.74, 6) is 0.895. The van der Waals surface area contributed by atoms with Gasteiger partial charge in [-0.2, -0.15) is 0 Å². The fraction of sp³-hybridized carbons (Fsp3) is 0.333. The summed E-state index contributed by atoms with van der Waals surface area (Å²) < 4.78 is 6.39. The highest BCUT2D eigenvalue weighted by atomic mass is 79.9. The molecule has 0 aliphatic rings. The molecule has 2 nitrogen and oxygen atoms in total. The number of hydrogen-bond acceptors (Lipinski definition) is 2. The average Bonchev–Trinajstić information content (AvgIpc) is 2.53. The van der Waals surface area contributed by atoms with Gasteiger partial charge < -0.3 is 10.1 Å². The SMILES string of the molecule is COc1ccc(Br)c(CNC(C)CCc2ccccc2)c1. The van der Waals surface area contributed by atoms with Crippen molar-refractivity contribution in [3.8, 4) is 5.75 Å². The molecule has 1 unspecified atom stereocenters. The highest BCUT2D eigenvalue weighted by Crippen LogP contribution is 2.22. The molecular weight excluding hydrogens is 326 g/mol. The van der Waals surface area contributed by atoms with E-state index in [4.69, 9.17) is 4.74 Å². The predicted molar refractivity (Wildman–Crippen MR) is 91.8 cm³/mol. The molecule has 3 heteroatoms.